The number of nitrogens with zero attached hydrogens (tertiary/aromatic N) is 7. The summed E-state index contributed by atoms with van der Waals surface area (Å²) < 4.78 is 12.6. The van der Waals surface area contributed by atoms with Gasteiger partial charge in [0.2, 0.25) is 5.95 Å². The van der Waals surface area contributed by atoms with E-state index in [9.17, 15) is 9.90 Å². The molecule has 15 heteroatoms. The van der Waals surface area contributed by atoms with Crippen molar-refractivity contribution in [1.82, 2.24) is 34.6 Å². The van der Waals surface area contributed by atoms with Crippen LogP contribution >= 0.6 is 23.2 Å². The second-order valence-corrected chi connectivity index (χ2v) is 11.5. The van der Waals surface area contributed by atoms with E-state index in [0.717, 1.165) is 12.8 Å². The number of methoxy groups -OCH3 is 1. The molecule has 3 aromatic heterocycles. The highest BCUT2D eigenvalue weighted by Crippen LogP contribution is 2.45. The number of halogens is 2. The standard InChI is InChI=1S/C28H31Cl2N9O4/c1-28(2,3)43-27(41)38-10-7-17(8-11-38)39-14-16(13-34-39)35-26-33-15-32-25(37-26)18-6-5-9-31-24(18)36-23-21(29)19(40)12-20(42-4)22(23)30/h5-6,9,12-15,17,40H,7-8,10-11H2,1-4H3,(H,31,36)(H,32,33,35,37). The number of pyridine rings is 1. The van der Waals surface area contributed by atoms with Crippen molar-refractivity contribution in [3.63, 3.8) is 0 Å². The zero-order valence-corrected chi connectivity index (χ0v) is 25.5. The van der Waals surface area contributed by atoms with Gasteiger partial charge in [-0.05, 0) is 45.7 Å². The van der Waals surface area contributed by atoms with Crippen LogP contribution in [0.15, 0.2) is 43.1 Å². The van der Waals surface area contributed by atoms with Crippen LogP contribution in [0.1, 0.15) is 39.7 Å². The summed E-state index contributed by atoms with van der Waals surface area (Å²) in [6.45, 7) is 6.76. The molecule has 1 aliphatic rings. The van der Waals surface area contributed by atoms with Crippen LogP contribution in [0.3, 0.4) is 0 Å². The summed E-state index contributed by atoms with van der Waals surface area (Å²) in [6.07, 6.45) is 7.77. The van der Waals surface area contributed by atoms with E-state index in [2.05, 4.69) is 35.7 Å². The Balaban J connectivity index is 1.29. The molecular formula is C28H31Cl2N9O4. The molecule has 0 aliphatic carbocycles. The molecule has 0 radical (unpaired) electrons. The Morgan fingerprint density at radius 1 is 1.12 bits per heavy atom. The van der Waals surface area contributed by atoms with Gasteiger partial charge < -0.3 is 30.1 Å². The van der Waals surface area contributed by atoms with E-state index in [1.807, 2.05) is 31.6 Å². The van der Waals surface area contributed by atoms with E-state index in [-0.39, 0.29) is 39.4 Å². The molecule has 0 spiro atoms. The molecule has 43 heavy (non-hydrogen) atoms. The van der Waals surface area contributed by atoms with Gasteiger partial charge in [0, 0.05) is 31.5 Å². The summed E-state index contributed by atoms with van der Waals surface area (Å²) >= 11 is 12.8. The van der Waals surface area contributed by atoms with E-state index in [1.54, 1.807) is 29.4 Å². The Bertz CT molecular complexity index is 1620. The van der Waals surface area contributed by atoms with Crippen molar-refractivity contribution in [1.29, 1.82) is 0 Å². The van der Waals surface area contributed by atoms with E-state index in [1.165, 1.54) is 19.5 Å². The Morgan fingerprint density at radius 2 is 1.88 bits per heavy atom. The van der Waals surface area contributed by atoms with Crippen molar-refractivity contribution in [3.8, 4) is 22.9 Å². The topological polar surface area (TPSA) is 152 Å². The molecule has 3 N–H and O–H groups in total. The Kier molecular flexibility index (Phi) is 8.74. The lowest BCUT2D eigenvalue weighted by atomic mass is 10.1. The van der Waals surface area contributed by atoms with Crippen molar-refractivity contribution in [3.05, 3.63) is 53.2 Å². The molecule has 0 unspecified atom stereocenters. The second-order valence-electron chi connectivity index (χ2n) is 10.8. The number of benzene rings is 1. The van der Waals surface area contributed by atoms with Crippen molar-refractivity contribution < 1.29 is 19.4 Å². The van der Waals surface area contributed by atoms with Gasteiger partial charge >= 0.3 is 6.09 Å². The van der Waals surface area contributed by atoms with Crippen LogP contribution in [-0.4, -0.2) is 71.6 Å². The van der Waals surface area contributed by atoms with Crippen LogP contribution in [0.5, 0.6) is 11.5 Å². The number of carbonyl (C=O) groups excluding carboxylic acids is 1. The van der Waals surface area contributed by atoms with Gasteiger partial charge in [-0.25, -0.2) is 19.7 Å². The Morgan fingerprint density at radius 3 is 2.60 bits per heavy atom. The lowest BCUT2D eigenvalue weighted by Crippen LogP contribution is -2.42. The van der Waals surface area contributed by atoms with Crippen LogP contribution in [0.4, 0.5) is 27.9 Å². The van der Waals surface area contributed by atoms with Crippen LogP contribution in [0.25, 0.3) is 11.4 Å². The summed E-state index contributed by atoms with van der Waals surface area (Å²) in [5.41, 5.74) is 0.926. The third-order valence-corrected chi connectivity index (χ3v) is 7.34. The van der Waals surface area contributed by atoms with Gasteiger partial charge in [-0.15, -0.1) is 0 Å². The summed E-state index contributed by atoms with van der Waals surface area (Å²) in [5, 5.41) is 21.2. The molecule has 1 saturated heterocycles. The third kappa shape index (κ3) is 7.00. The van der Waals surface area contributed by atoms with Crippen molar-refractivity contribution in [2.24, 2.45) is 0 Å². The number of anilines is 4. The van der Waals surface area contributed by atoms with Gasteiger partial charge in [0.25, 0.3) is 0 Å². The number of likely N-dealkylation sites (tertiary alicyclic amines) is 1. The summed E-state index contributed by atoms with van der Waals surface area (Å²) in [7, 11) is 1.43. The summed E-state index contributed by atoms with van der Waals surface area (Å²) in [4.78, 5) is 31.7. The highest BCUT2D eigenvalue weighted by Gasteiger charge is 2.28. The molecular weight excluding hydrogens is 597 g/mol. The molecule has 4 aromatic rings. The number of nitrogens with one attached hydrogen (secondary N) is 2. The van der Waals surface area contributed by atoms with E-state index in [4.69, 9.17) is 32.7 Å². The molecule has 0 saturated carbocycles. The average Bonchev–Trinajstić information content (AvgIpc) is 3.45. The SMILES string of the molecule is COc1cc(O)c(Cl)c(Nc2ncccc2-c2ncnc(Nc3cnn(C4CCN(C(=O)OC(C)(C)C)CC4)c3)n2)c1Cl. The van der Waals surface area contributed by atoms with Gasteiger partial charge in [-0.1, -0.05) is 23.2 Å². The molecule has 1 fully saturated rings. The lowest BCUT2D eigenvalue weighted by Gasteiger charge is -2.33. The number of aromatic hydroxyl groups is 1. The van der Waals surface area contributed by atoms with Gasteiger partial charge in [-0.2, -0.15) is 10.1 Å². The molecule has 4 heterocycles. The largest absolute Gasteiger partial charge is 0.506 e. The fourth-order valence-corrected chi connectivity index (χ4v) is 5.04. The smallest absolute Gasteiger partial charge is 0.410 e. The lowest BCUT2D eigenvalue weighted by molar-refractivity contribution is 0.0184. The molecule has 1 amide bonds. The molecule has 0 bridgehead atoms. The minimum atomic E-state index is -0.526. The zero-order valence-electron chi connectivity index (χ0n) is 24.0. The number of phenols is 1. The van der Waals surface area contributed by atoms with Gasteiger partial charge in [0.05, 0.1) is 36.3 Å². The number of rotatable bonds is 7. The number of piperidine rings is 1. The Labute approximate surface area is 258 Å². The highest BCUT2D eigenvalue weighted by atomic mass is 35.5. The van der Waals surface area contributed by atoms with Crippen LogP contribution in [-0.2, 0) is 4.74 Å². The monoisotopic (exact) mass is 627 g/mol. The minimum absolute atomic E-state index is 0.00734. The van der Waals surface area contributed by atoms with E-state index >= 15 is 0 Å². The van der Waals surface area contributed by atoms with Crippen LogP contribution in [0.2, 0.25) is 10.0 Å². The van der Waals surface area contributed by atoms with Gasteiger partial charge in [0.15, 0.2) is 5.82 Å². The molecule has 5 rings (SSSR count). The fraction of sp³-hybridized carbons (Fsp3) is 0.357. The molecule has 0 atom stereocenters. The molecule has 1 aromatic carbocycles. The van der Waals surface area contributed by atoms with Crippen LogP contribution in [0, 0.1) is 0 Å². The maximum atomic E-state index is 12.4. The maximum Gasteiger partial charge on any atom is 0.410 e. The number of carbonyl (C=O) groups is 1. The van der Waals surface area contributed by atoms with Gasteiger partial charge in [-0.3, -0.25) is 4.68 Å². The number of phenolic OH excluding ortho intramolecular Hbond substituents is 1. The number of aromatic nitrogens is 6. The fourth-order valence-electron chi connectivity index (χ4n) is 4.52. The van der Waals surface area contributed by atoms with Gasteiger partial charge in [0.1, 0.15) is 39.3 Å². The minimum Gasteiger partial charge on any atom is -0.506 e. The number of hydrogen-bond acceptors (Lipinski definition) is 11. The first-order valence-corrected chi connectivity index (χ1v) is 14.2. The maximum absolute atomic E-state index is 12.4. The van der Waals surface area contributed by atoms with Crippen molar-refractivity contribution in [2.45, 2.75) is 45.3 Å². The first-order valence-electron chi connectivity index (χ1n) is 13.5. The number of amides is 1. The second kappa shape index (κ2) is 12.5. The van der Waals surface area contributed by atoms with E-state index in [0.29, 0.717) is 41.9 Å². The summed E-state index contributed by atoms with van der Waals surface area (Å²) in [6, 6.07) is 4.98. The zero-order chi connectivity index (χ0) is 30.7. The van der Waals surface area contributed by atoms with E-state index < -0.39 is 5.60 Å². The summed E-state index contributed by atoms with van der Waals surface area (Å²) in [5.74, 6) is 1.01. The first kappa shape index (κ1) is 30.1. The van der Waals surface area contributed by atoms with Crippen molar-refractivity contribution in [2.75, 3.05) is 30.8 Å². The average molecular weight is 629 g/mol. The molecule has 226 valence electrons. The van der Waals surface area contributed by atoms with Crippen molar-refractivity contribution >= 4 is 52.4 Å². The normalized spacial score (nSPS) is 14.0. The predicted octanol–water partition coefficient (Wildman–Crippen LogP) is 6.21. The quantitative estimate of drug-likeness (QED) is 0.214. The highest BCUT2D eigenvalue weighted by molar-refractivity contribution is 6.41. The number of ether oxygens (including phenoxy) is 2. The van der Waals surface area contributed by atoms with Crippen LogP contribution < -0.4 is 15.4 Å². The third-order valence-electron chi connectivity index (χ3n) is 6.58. The first-order chi connectivity index (χ1) is 20.5. The predicted molar refractivity (Wildman–Crippen MR) is 163 cm³/mol. The molecule has 1 aliphatic heterocycles. The molecule has 13 nitrogen and oxygen atoms in total. The number of hydrogen-bond donors (Lipinski definition) is 3. The Hall–Kier alpha value is -4.36.